The van der Waals surface area contributed by atoms with Gasteiger partial charge in [-0.3, -0.25) is 9.59 Å². The number of anilines is 1. The predicted octanol–water partition coefficient (Wildman–Crippen LogP) is 5.66. The van der Waals surface area contributed by atoms with Crippen molar-refractivity contribution in [1.82, 2.24) is 9.47 Å². The van der Waals surface area contributed by atoms with E-state index in [0.717, 1.165) is 29.8 Å². The van der Waals surface area contributed by atoms with Crippen LogP contribution in [0.15, 0.2) is 109 Å². The molecule has 6 heteroatoms. The number of imidazole rings is 1. The van der Waals surface area contributed by atoms with Crippen molar-refractivity contribution < 1.29 is 14.2 Å². The number of carbonyl (C=O) groups is 2. The predicted molar refractivity (Wildman–Crippen MR) is 164 cm³/mol. The van der Waals surface area contributed by atoms with Crippen LogP contribution in [0.1, 0.15) is 40.7 Å². The van der Waals surface area contributed by atoms with Gasteiger partial charge in [0.2, 0.25) is 5.78 Å². The summed E-state index contributed by atoms with van der Waals surface area (Å²) in [6, 6.07) is 36.6. The van der Waals surface area contributed by atoms with Crippen LogP contribution in [0.5, 0.6) is 0 Å². The maximum atomic E-state index is 14.3. The molecule has 3 heterocycles. The number of hydrogen-bond donors (Lipinski definition) is 0. The number of likely N-dealkylation sites (tertiary alicyclic amines) is 1. The normalized spacial score (nSPS) is 19.2. The summed E-state index contributed by atoms with van der Waals surface area (Å²) in [5.41, 5.74) is 6.23. The lowest BCUT2D eigenvalue weighted by molar-refractivity contribution is -0.664. The molecule has 1 fully saturated rings. The number of aromatic nitrogens is 2. The van der Waals surface area contributed by atoms with Crippen LogP contribution < -0.4 is 9.47 Å². The standard InChI is InChI=1S/C36H35N4O2/c1-26-38(24-33(41)28-15-7-4-8-16-28)31-19-11-12-20-32(31)39(26)25-34(42)37-22-21-36(2)29-17-9-10-18-30(29)40(35(36)37)23-27-13-5-3-6-14-27/h3-20,35H,21-25H2,1-2H3/q+1. The Bertz CT molecular complexity index is 1800. The Labute approximate surface area is 246 Å². The summed E-state index contributed by atoms with van der Waals surface area (Å²) < 4.78 is 4.12. The Morgan fingerprint density at radius 1 is 0.857 bits per heavy atom. The number of Topliss-reactive ketones (excluding diaryl/α,β-unsaturated/α-hetero) is 1. The van der Waals surface area contributed by atoms with Gasteiger partial charge in [-0.1, -0.05) is 97.9 Å². The van der Waals surface area contributed by atoms with Crippen molar-refractivity contribution in [1.29, 1.82) is 0 Å². The third kappa shape index (κ3) is 4.21. The zero-order chi connectivity index (χ0) is 28.8. The highest BCUT2D eigenvalue weighted by atomic mass is 16.2. The summed E-state index contributed by atoms with van der Waals surface area (Å²) in [7, 11) is 0. The fourth-order valence-corrected chi connectivity index (χ4v) is 7.18. The smallest absolute Gasteiger partial charge is 0.266 e. The first-order valence-corrected chi connectivity index (χ1v) is 14.7. The molecule has 2 unspecified atom stereocenters. The molecular weight excluding hydrogens is 520 g/mol. The van der Waals surface area contributed by atoms with Crippen LogP contribution in [0, 0.1) is 6.92 Å². The van der Waals surface area contributed by atoms with E-state index in [-0.39, 0.29) is 36.4 Å². The highest BCUT2D eigenvalue weighted by Gasteiger charge is 2.55. The molecule has 42 heavy (non-hydrogen) atoms. The summed E-state index contributed by atoms with van der Waals surface area (Å²) >= 11 is 0. The van der Waals surface area contributed by atoms with E-state index < -0.39 is 0 Å². The number of rotatable bonds is 7. The van der Waals surface area contributed by atoms with Gasteiger partial charge in [0.15, 0.2) is 24.1 Å². The van der Waals surface area contributed by atoms with E-state index in [1.165, 1.54) is 16.8 Å². The second-order valence-electron chi connectivity index (χ2n) is 11.8. The minimum atomic E-state index is -0.142. The topological polar surface area (TPSA) is 49.4 Å². The van der Waals surface area contributed by atoms with E-state index >= 15 is 0 Å². The maximum absolute atomic E-state index is 14.3. The second kappa shape index (κ2) is 10.3. The van der Waals surface area contributed by atoms with Gasteiger partial charge >= 0.3 is 0 Å². The number of para-hydroxylation sites is 3. The van der Waals surface area contributed by atoms with E-state index in [2.05, 4.69) is 69.8 Å². The summed E-state index contributed by atoms with van der Waals surface area (Å²) in [6.07, 6.45) is 0.861. The van der Waals surface area contributed by atoms with Gasteiger partial charge in [-0.05, 0) is 35.7 Å². The molecule has 0 spiro atoms. The average molecular weight is 556 g/mol. The van der Waals surface area contributed by atoms with E-state index in [1.807, 2.05) is 72.2 Å². The van der Waals surface area contributed by atoms with Crippen molar-refractivity contribution in [3.8, 4) is 0 Å². The molecule has 0 N–H and O–H groups in total. The van der Waals surface area contributed by atoms with Crippen LogP contribution in [-0.2, 0) is 29.8 Å². The monoisotopic (exact) mass is 555 g/mol. The Morgan fingerprint density at radius 2 is 1.52 bits per heavy atom. The number of hydrogen-bond acceptors (Lipinski definition) is 3. The molecule has 6 nitrogen and oxygen atoms in total. The van der Waals surface area contributed by atoms with Crippen molar-refractivity contribution in [2.45, 2.75) is 51.5 Å². The number of carbonyl (C=O) groups excluding carboxylic acids is 2. The first-order valence-electron chi connectivity index (χ1n) is 14.7. The van der Waals surface area contributed by atoms with Gasteiger partial charge in [-0.15, -0.1) is 0 Å². The summed E-state index contributed by atoms with van der Waals surface area (Å²) in [4.78, 5) is 32.0. The Kier molecular flexibility index (Phi) is 6.42. The molecule has 4 aromatic carbocycles. The molecule has 210 valence electrons. The first-order chi connectivity index (χ1) is 20.5. The lowest BCUT2D eigenvalue weighted by Gasteiger charge is -2.37. The molecule has 5 aromatic rings. The molecular formula is C36H35N4O2+. The molecule has 0 aliphatic carbocycles. The van der Waals surface area contributed by atoms with E-state index in [9.17, 15) is 9.59 Å². The van der Waals surface area contributed by atoms with Crippen molar-refractivity contribution in [3.05, 3.63) is 132 Å². The average Bonchev–Trinajstić information content (AvgIpc) is 3.59. The lowest BCUT2D eigenvalue weighted by atomic mass is 9.81. The van der Waals surface area contributed by atoms with Gasteiger partial charge < -0.3 is 9.80 Å². The van der Waals surface area contributed by atoms with E-state index in [1.54, 1.807) is 0 Å². The summed E-state index contributed by atoms with van der Waals surface area (Å²) in [6.45, 7) is 6.23. The molecule has 0 saturated carbocycles. The second-order valence-corrected chi connectivity index (χ2v) is 11.8. The number of ketones is 1. The molecule has 1 aromatic heterocycles. The van der Waals surface area contributed by atoms with Gasteiger partial charge in [0.05, 0.1) is 0 Å². The Morgan fingerprint density at radius 3 is 2.31 bits per heavy atom. The van der Waals surface area contributed by atoms with Crippen LogP contribution in [-0.4, -0.2) is 33.9 Å². The zero-order valence-corrected chi connectivity index (χ0v) is 24.1. The molecule has 0 bridgehead atoms. The largest absolute Gasteiger partial charge is 0.346 e. The fourth-order valence-electron chi connectivity index (χ4n) is 7.18. The highest BCUT2D eigenvalue weighted by molar-refractivity contribution is 5.95. The minimum Gasteiger partial charge on any atom is -0.346 e. The van der Waals surface area contributed by atoms with Crippen LogP contribution in [0.25, 0.3) is 11.0 Å². The van der Waals surface area contributed by atoms with Crippen molar-refractivity contribution in [2.75, 3.05) is 11.4 Å². The number of fused-ring (bicyclic) bond motifs is 4. The van der Waals surface area contributed by atoms with Crippen LogP contribution in [0.3, 0.4) is 0 Å². The molecule has 1 amide bonds. The molecule has 2 atom stereocenters. The van der Waals surface area contributed by atoms with Crippen molar-refractivity contribution >= 4 is 28.4 Å². The third-order valence-electron chi connectivity index (χ3n) is 9.31. The van der Waals surface area contributed by atoms with Gasteiger partial charge in [0.25, 0.3) is 11.7 Å². The Balaban J connectivity index is 1.22. The Hall–Kier alpha value is -4.71. The van der Waals surface area contributed by atoms with Crippen molar-refractivity contribution in [2.24, 2.45) is 0 Å². The van der Waals surface area contributed by atoms with Crippen LogP contribution in [0.4, 0.5) is 5.69 Å². The fraction of sp³-hybridized carbons (Fsp3) is 0.250. The van der Waals surface area contributed by atoms with Crippen LogP contribution in [0.2, 0.25) is 0 Å². The number of nitrogens with zero attached hydrogens (tertiary/aromatic N) is 4. The van der Waals surface area contributed by atoms with Crippen molar-refractivity contribution in [3.63, 3.8) is 0 Å². The molecule has 7 rings (SSSR count). The maximum Gasteiger partial charge on any atom is 0.266 e. The molecule has 0 radical (unpaired) electrons. The number of amides is 1. The molecule has 2 aliphatic heterocycles. The minimum absolute atomic E-state index is 0.0495. The summed E-state index contributed by atoms with van der Waals surface area (Å²) in [5, 5.41) is 0. The van der Waals surface area contributed by atoms with E-state index in [0.29, 0.717) is 12.1 Å². The van der Waals surface area contributed by atoms with E-state index in [4.69, 9.17) is 0 Å². The highest BCUT2D eigenvalue weighted by Crippen LogP contribution is 2.52. The summed E-state index contributed by atoms with van der Waals surface area (Å²) in [5.74, 6) is 1.04. The first kappa shape index (κ1) is 26.2. The van der Waals surface area contributed by atoms with Gasteiger partial charge in [0.1, 0.15) is 6.17 Å². The van der Waals surface area contributed by atoms with Gasteiger partial charge in [-0.2, -0.15) is 0 Å². The molecule has 2 aliphatic rings. The lowest BCUT2D eigenvalue weighted by Crippen LogP contribution is -2.51. The van der Waals surface area contributed by atoms with Gasteiger partial charge in [0, 0.05) is 36.7 Å². The molecule has 1 saturated heterocycles. The zero-order valence-electron chi connectivity index (χ0n) is 24.1. The SMILES string of the molecule is Cc1n(CC(=O)N2CCC3(C)c4ccccc4N(Cc4ccccc4)C23)c2ccccc2[n+]1CC(=O)c1ccccc1. The quantitative estimate of drug-likeness (QED) is 0.193. The van der Waals surface area contributed by atoms with Crippen LogP contribution >= 0.6 is 0 Å². The number of benzene rings is 4. The third-order valence-corrected chi connectivity index (χ3v) is 9.31. The van der Waals surface area contributed by atoms with Gasteiger partial charge in [-0.25, -0.2) is 9.13 Å².